The molecule has 0 aliphatic carbocycles. The van der Waals surface area contributed by atoms with E-state index in [1.807, 2.05) is 31.3 Å². The number of likely N-dealkylation sites (tertiary alicyclic amines) is 1. The molecule has 144 valence electrons. The van der Waals surface area contributed by atoms with Gasteiger partial charge < -0.3 is 19.7 Å². The van der Waals surface area contributed by atoms with Crippen LogP contribution in [0, 0.1) is 0 Å². The largest absolute Gasteiger partial charge is 0.481 e. The van der Waals surface area contributed by atoms with Crippen LogP contribution in [0.5, 0.6) is 0 Å². The summed E-state index contributed by atoms with van der Waals surface area (Å²) in [5, 5.41) is 12.3. The highest BCUT2D eigenvalue weighted by Crippen LogP contribution is 2.20. The lowest BCUT2D eigenvalue weighted by molar-refractivity contribution is -0.889. The van der Waals surface area contributed by atoms with Crippen molar-refractivity contribution in [2.24, 2.45) is 0 Å². The van der Waals surface area contributed by atoms with E-state index >= 15 is 0 Å². The van der Waals surface area contributed by atoms with Gasteiger partial charge in [-0.15, -0.1) is 0 Å². The van der Waals surface area contributed by atoms with Crippen LogP contribution in [0.4, 0.5) is 0 Å². The van der Waals surface area contributed by atoms with Gasteiger partial charge in [-0.2, -0.15) is 0 Å². The Balaban J connectivity index is 1.64. The van der Waals surface area contributed by atoms with Gasteiger partial charge in [0.1, 0.15) is 12.3 Å². The monoisotopic (exact) mass is 371 g/mol. The number of aliphatic carboxylic acids is 1. The molecule has 3 rings (SSSR count). The number of piperidine rings is 1. The van der Waals surface area contributed by atoms with Gasteiger partial charge in [0.25, 0.3) is 5.91 Å². The molecule has 2 aromatic rings. The first-order valence-electron chi connectivity index (χ1n) is 9.44. The number of furan rings is 1. The van der Waals surface area contributed by atoms with Crippen molar-refractivity contribution in [2.45, 2.75) is 37.6 Å². The van der Waals surface area contributed by atoms with Crippen LogP contribution in [0.25, 0.3) is 0 Å². The second-order valence-electron chi connectivity index (χ2n) is 7.54. The van der Waals surface area contributed by atoms with E-state index in [0.717, 1.165) is 25.1 Å². The first-order chi connectivity index (χ1) is 13.0. The Morgan fingerprint density at radius 2 is 1.96 bits per heavy atom. The molecule has 2 heterocycles. The Bertz CT molecular complexity index is 786. The van der Waals surface area contributed by atoms with Crippen LogP contribution in [-0.2, 0) is 17.6 Å². The van der Waals surface area contributed by atoms with Crippen LogP contribution in [0.1, 0.15) is 41.1 Å². The second kappa shape index (κ2) is 8.39. The van der Waals surface area contributed by atoms with Gasteiger partial charge in [0.2, 0.25) is 0 Å². The summed E-state index contributed by atoms with van der Waals surface area (Å²) in [4.78, 5) is 25.3. The molecular formula is C21H27N2O4+. The van der Waals surface area contributed by atoms with Crippen LogP contribution in [0.15, 0.2) is 46.9 Å². The topological polar surface area (TPSA) is 84.0 Å². The number of benzene rings is 1. The molecule has 6 heteroatoms. The lowest BCUT2D eigenvalue weighted by atomic mass is 9.85. The molecule has 0 radical (unpaired) electrons. The fraction of sp³-hybridized carbons (Fsp3) is 0.429. The second-order valence-corrected chi connectivity index (χ2v) is 7.54. The highest BCUT2D eigenvalue weighted by Gasteiger charge is 2.41. The van der Waals surface area contributed by atoms with Gasteiger partial charge in [-0.1, -0.05) is 30.3 Å². The molecule has 2 unspecified atom stereocenters. The normalized spacial score (nSPS) is 22.3. The maximum atomic E-state index is 12.7. The van der Waals surface area contributed by atoms with Crippen molar-refractivity contribution in [1.82, 2.24) is 5.32 Å². The summed E-state index contributed by atoms with van der Waals surface area (Å²) in [6.45, 7) is 1.59. The summed E-state index contributed by atoms with van der Waals surface area (Å²) < 4.78 is 5.72. The van der Waals surface area contributed by atoms with Gasteiger partial charge in [0.15, 0.2) is 5.76 Å². The third-order valence-corrected chi connectivity index (χ3v) is 5.16. The predicted octanol–water partition coefficient (Wildman–Crippen LogP) is 1.32. The highest BCUT2D eigenvalue weighted by molar-refractivity contribution is 5.92. The van der Waals surface area contributed by atoms with Crippen molar-refractivity contribution < 1.29 is 24.0 Å². The van der Waals surface area contributed by atoms with E-state index in [4.69, 9.17) is 4.42 Å². The van der Waals surface area contributed by atoms with Gasteiger partial charge in [-0.05, 0) is 37.0 Å². The Morgan fingerprint density at radius 3 is 2.67 bits per heavy atom. The molecular weight excluding hydrogens is 344 g/mol. The number of amides is 1. The summed E-state index contributed by atoms with van der Waals surface area (Å²) in [5.41, 5.74) is 0.496. The number of likely N-dealkylation sites (N-methyl/N-ethyl adjacent to an activating group) is 1. The lowest BCUT2D eigenvalue weighted by Crippen LogP contribution is -3.13. The van der Waals surface area contributed by atoms with Crippen LogP contribution in [0.3, 0.4) is 0 Å². The van der Waals surface area contributed by atoms with Gasteiger partial charge >= 0.3 is 5.97 Å². The number of hydrogen-bond donors (Lipinski definition) is 3. The third kappa shape index (κ3) is 5.20. The molecule has 1 amide bonds. The number of quaternary nitrogens is 1. The van der Waals surface area contributed by atoms with Crippen LogP contribution < -0.4 is 10.2 Å². The van der Waals surface area contributed by atoms with Crippen molar-refractivity contribution in [3.63, 3.8) is 0 Å². The molecule has 2 atom stereocenters. The van der Waals surface area contributed by atoms with Crippen LogP contribution >= 0.6 is 0 Å². The smallest absolute Gasteiger partial charge is 0.305 e. The van der Waals surface area contributed by atoms with Crippen molar-refractivity contribution in [3.8, 4) is 0 Å². The zero-order valence-electron chi connectivity index (χ0n) is 15.7. The third-order valence-electron chi connectivity index (χ3n) is 5.16. The number of carbonyl (C=O) groups is 2. The zero-order valence-corrected chi connectivity index (χ0v) is 15.7. The molecule has 1 fully saturated rings. The van der Waals surface area contributed by atoms with E-state index in [-0.39, 0.29) is 18.1 Å². The molecule has 1 aromatic carbocycles. The number of nitrogens with one attached hydrogen (secondary N) is 2. The minimum Gasteiger partial charge on any atom is -0.481 e. The summed E-state index contributed by atoms with van der Waals surface area (Å²) in [6.07, 6.45) is 3.04. The van der Waals surface area contributed by atoms with Crippen molar-refractivity contribution >= 4 is 11.9 Å². The Hall–Kier alpha value is -2.60. The molecule has 1 aliphatic rings. The molecule has 0 saturated carbocycles. The zero-order chi connectivity index (χ0) is 19.3. The maximum absolute atomic E-state index is 12.7. The number of rotatable bonds is 7. The maximum Gasteiger partial charge on any atom is 0.305 e. The van der Waals surface area contributed by atoms with Gasteiger partial charge in [0, 0.05) is 6.42 Å². The predicted molar refractivity (Wildman–Crippen MR) is 101 cm³/mol. The van der Waals surface area contributed by atoms with Crippen molar-refractivity contribution in [2.75, 3.05) is 20.1 Å². The van der Waals surface area contributed by atoms with Gasteiger partial charge in [-0.3, -0.25) is 9.59 Å². The van der Waals surface area contributed by atoms with E-state index < -0.39 is 11.5 Å². The molecule has 0 bridgehead atoms. The van der Waals surface area contributed by atoms with Gasteiger partial charge in [0.05, 0.1) is 25.6 Å². The quantitative estimate of drug-likeness (QED) is 0.685. The van der Waals surface area contributed by atoms with E-state index in [1.165, 1.54) is 10.5 Å². The van der Waals surface area contributed by atoms with Crippen molar-refractivity contribution in [3.05, 3.63) is 59.5 Å². The van der Waals surface area contributed by atoms with E-state index in [1.54, 1.807) is 6.07 Å². The first kappa shape index (κ1) is 19.2. The van der Waals surface area contributed by atoms with Crippen molar-refractivity contribution in [1.29, 1.82) is 0 Å². The lowest BCUT2D eigenvalue weighted by Gasteiger charge is -2.38. The van der Waals surface area contributed by atoms with Gasteiger partial charge in [-0.25, -0.2) is 0 Å². The summed E-state index contributed by atoms with van der Waals surface area (Å²) >= 11 is 0. The molecule has 1 aliphatic heterocycles. The Labute approximate surface area is 159 Å². The summed E-state index contributed by atoms with van der Waals surface area (Å²) in [7, 11) is 2.02. The molecule has 1 saturated heterocycles. The van der Waals surface area contributed by atoms with Crippen LogP contribution in [-0.4, -0.2) is 42.7 Å². The van der Waals surface area contributed by atoms with E-state index in [9.17, 15) is 14.7 Å². The van der Waals surface area contributed by atoms with E-state index in [2.05, 4.69) is 17.4 Å². The Kier molecular flexibility index (Phi) is 5.96. The molecule has 1 aromatic heterocycles. The Morgan fingerprint density at radius 1 is 1.19 bits per heavy atom. The fourth-order valence-corrected chi connectivity index (χ4v) is 3.92. The number of hydrogen-bond acceptors (Lipinski definition) is 3. The minimum atomic E-state index is -0.895. The number of carboxylic acids is 1. The fourth-order valence-electron chi connectivity index (χ4n) is 3.92. The molecule has 0 spiro atoms. The molecule has 3 N–H and O–H groups in total. The number of aryl methyl sites for hydroxylation is 2. The average Bonchev–Trinajstić information content (AvgIpc) is 3.09. The molecule has 27 heavy (non-hydrogen) atoms. The number of carboxylic acid groups (broad SMARTS) is 1. The standard InChI is InChI=1S/C21H26N2O4/c1-23-13-5-12-21(15-23,14-19(24)25)22-20(26)18-11-10-17(27-18)9-8-16-6-3-2-4-7-16/h2-4,6-7,10-11H,5,8-9,12-15H2,1H3,(H,22,26)(H,24,25)/p+1. The highest BCUT2D eigenvalue weighted by atomic mass is 16.4. The van der Waals surface area contributed by atoms with E-state index in [0.29, 0.717) is 19.4 Å². The summed E-state index contributed by atoms with van der Waals surface area (Å²) in [6, 6.07) is 13.6. The van der Waals surface area contributed by atoms with Crippen LogP contribution in [0.2, 0.25) is 0 Å². The number of carbonyl (C=O) groups excluding carboxylic acids is 1. The minimum absolute atomic E-state index is 0.0718. The average molecular weight is 371 g/mol. The first-order valence-corrected chi connectivity index (χ1v) is 9.44. The molecule has 6 nitrogen and oxygen atoms in total. The summed E-state index contributed by atoms with van der Waals surface area (Å²) in [5.74, 6) is -0.237. The SMILES string of the molecule is C[NH+]1CCCC(CC(=O)O)(NC(=O)c2ccc(CCc3ccccc3)o2)C1.